The highest BCUT2D eigenvalue weighted by Crippen LogP contribution is 2.31. The van der Waals surface area contributed by atoms with Crippen molar-refractivity contribution in [3.8, 4) is 0 Å². The number of ether oxygens (including phenoxy) is 1. The Labute approximate surface area is 109 Å². The first-order valence-electron chi connectivity index (χ1n) is 6.65. The molecule has 1 atom stereocenters. The second kappa shape index (κ2) is 7.07. The van der Waals surface area contributed by atoms with Crippen LogP contribution < -0.4 is 5.32 Å². The molecule has 0 aliphatic carbocycles. The van der Waals surface area contributed by atoms with Crippen LogP contribution in [0.25, 0.3) is 0 Å². The molecule has 1 unspecified atom stereocenters. The normalized spacial score (nSPS) is 20.4. The van der Waals surface area contributed by atoms with Crippen molar-refractivity contribution >= 4 is 5.91 Å². The third-order valence-corrected chi connectivity index (χ3v) is 3.66. The number of carbonyl (C=O) groups excluding carboxylic acids is 1. The molecular formula is C13H26N2O3. The number of hydrogen-bond donors (Lipinski definition) is 2. The summed E-state index contributed by atoms with van der Waals surface area (Å²) in [6.07, 6.45) is 1.88. The van der Waals surface area contributed by atoms with Gasteiger partial charge in [-0.2, -0.15) is 0 Å². The summed E-state index contributed by atoms with van der Waals surface area (Å²) < 4.78 is 5.26. The Balaban J connectivity index is 2.63. The van der Waals surface area contributed by atoms with Gasteiger partial charge in [0, 0.05) is 20.7 Å². The van der Waals surface area contributed by atoms with Gasteiger partial charge in [0.1, 0.15) is 0 Å². The van der Waals surface area contributed by atoms with Crippen LogP contribution in [0, 0.1) is 5.41 Å². The van der Waals surface area contributed by atoms with Crippen molar-refractivity contribution in [2.45, 2.75) is 32.3 Å². The number of aliphatic hydroxyl groups excluding tert-OH is 1. The molecule has 0 spiro atoms. The number of hydrogen-bond acceptors (Lipinski definition) is 4. The summed E-state index contributed by atoms with van der Waals surface area (Å²) in [6, 6.07) is 0. The zero-order valence-corrected chi connectivity index (χ0v) is 11.7. The van der Waals surface area contributed by atoms with Crippen molar-refractivity contribution in [2.24, 2.45) is 5.41 Å². The fourth-order valence-corrected chi connectivity index (χ4v) is 2.49. The quantitative estimate of drug-likeness (QED) is 0.716. The minimum Gasteiger partial charge on any atom is -0.393 e. The lowest BCUT2D eigenvalue weighted by Gasteiger charge is -2.38. The van der Waals surface area contributed by atoms with Gasteiger partial charge in [-0.25, -0.2) is 0 Å². The number of methoxy groups -OCH3 is 1. The van der Waals surface area contributed by atoms with Crippen molar-refractivity contribution in [1.82, 2.24) is 10.2 Å². The lowest BCUT2D eigenvalue weighted by Crippen LogP contribution is -2.51. The van der Waals surface area contributed by atoms with Crippen LogP contribution in [-0.4, -0.2) is 62.4 Å². The molecule has 0 saturated carbocycles. The van der Waals surface area contributed by atoms with Gasteiger partial charge in [-0.3, -0.25) is 4.79 Å². The lowest BCUT2D eigenvalue weighted by molar-refractivity contribution is -0.146. The van der Waals surface area contributed by atoms with E-state index in [1.54, 1.807) is 18.9 Å². The molecular weight excluding hydrogens is 232 g/mol. The molecule has 0 aromatic heterocycles. The Hall–Kier alpha value is -0.650. The number of piperidine rings is 1. The van der Waals surface area contributed by atoms with Crippen molar-refractivity contribution in [3.05, 3.63) is 0 Å². The van der Waals surface area contributed by atoms with Crippen LogP contribution in [-0.2, 0) is 9.53 Å². The molecule has 1 heterocycles. The number of nitrogens with one attached hydrogen (secondary N) is 1. The van der Waals surface area contributed by atoms with Gasteiger partial charge in [0.2, 0.25) is 5.91 Å². The molecule has 0 bridgehead atoms. The highest BCUT2D eigenvalue weighted by atomic mass is 16.5. The average molecular weight is 258 g/mol. The molecule has 18 heavy (non-hydrogen) atoms. The maximum Gasteiger partial charge on any atom is 0.230 e. The van der Waals surface area contributed by atoms with E-state index in [1.807, 2.05) is 7.05 Å². The topological polar surface area (TPSA) is 61.8 Å². The minimum atomic E-state index is -0.382. The molecule has 106 valence electrons. The summed E-state index contributed by atoms with van der Waals surface area (Å²) in [5, 5.41) is 12.6. The maximum atomic E-state index is 12.6. The van der Waals surface area contributed by atoms with Gasteiger partial charge in [-0.15, -0.1) is 0 Å². The van der Waals surface area contributed by atoms with Crippen LogP contribution in [0.5, 0.6) is 0 Å². The van der Waals surface area contributed by atoms with Crippen molar-refractivity contribution in [3.63, 3.8) is 0 Å². The SMILES string of the molecule is COCC1(C(=O)N(C)CCC(C)O)CCNCC1. The molecule has 1 rings (SSSR count). The third-order valence-electron chi connectivity index (χ3n) is 3.66. The van der Waals surface area contributed by atoms with E-state index in [0.29, 0.717) is 19.6 Å². The van der Waals surface area contributed by atoms with Crippen LogP contribution in [0.2, 0.25) is 0 Å². The summed E-state index contributed by atoms with van der Waals surface area (Å²) in [6.45, 7) is 4.54. The Bertz CT molecular complexity index is 257. The van der Waals surface area contributed by atoms with Crippen molar-refractivity contribution in [2.75, 3.05) is 40.4 Å². The Kier molecular flexibility index (Phi) is 6.05. The summed E-state index contributed by atoms with van der Waals surface area (Å²) in [5.41, 5.74) is -0.382. The molecule has 1 saturated heterocycles. The summed E-state index contributed by atoms with van der Waals surface area (Å²) >= 11 is 0. The predicted molar refractivity (Wildman–Crippen MR) is 70.3 cm³/mol. The second-order valence-corrected chi connectivity index (χ2v) is 5.33. The van der Waals surface area contributed by atoms with Crippen LogP contribution in [0.15, 0.2) is 0 Å². The van der Waals surface area contributed by atoms with E-state index in [2.05, 4.69) is 5.32 Å². The third kappa shape index (κ3) is 3.93. The van der Waals surface area contributed by atoms with Crippen molar-refractivity contribution in [1.29, 1.82) is 0 Å². The highest BCUT2D eigenvalue weighted by Gasteiger charge is 2.41. The monoisotopic (exact) mass is 258 g/mol. The van der Waals surface area contributed by atoms with E-state index in [9.17, 15) is 9.90 Å². The van der Waals surface area contributed by atoms with E-state index < -0.39 is 0 Å². The molecule has 1 aliphatic heterocycles. The number of aliphatic hydroxyl groups is 1. The number of carbonyl (C=O) groups is 1. The molecule has 0 aromatic rings. The molecule has 5 nitrogen and oxygen atoms in total. The predicted octanol–water partition coefficient (Wildman–Crippen LogP) is 0.232. The fourth-order valence-electron chi connectivity index (χ4n) is 2.49. The molecule has 5 heteroatoms. The van der Waals surface area contributed by atoms with Gasteiger partial charge in [-0.05, 0) is 39.3 Å². The molecule has 0 aromatic carbocycles. The number of amides is 1. The maximum absolute atomic E-state index is 12.6. The Morgan fingerprint density at radius 2 is 2.11 bits per heavy atom. The largest absolute Gasteiger partial charge is 0.393 e. The van der Waals surface area contributed by atoms with E-state index in [0.717, 1.165) is 25.9 Å². The minimum absolute atomic E-state index is 0.145. The molecule has 0 radical (unpaired) electrons. The van der Waals surface area contributed by atoms with Gasteiger partial charge in [0.25, 0.3) is 0 Å². The van der Waals surface area contributed by atoms with Crippen LogP contribution in [0.4, 0.5) is 0 Å². The van der Waals surface area contributed by atoms with E-state index in [-0.39, 0.29) is 17.4 Å². The summed E-state index contributed by atoms with van der Waals surface area (Å²) in [4.78, 5) is 14.3. The fraction of sp³-hybridized carbons (Fsp3) is 0.923. The van der Waals surface area contributed by atoms with Gasteiger partial charge in [0.05, 0.1) is 18.1 Å². The van der Waals surface area contributed by atoms with Gasteiger partial charge in [0.15, 0.2) is 0 Å². The van der Waals surface area contributed by atoms with Crippen LogP contribution in [0.3, 0.4) is 0 Å². The number of nitrogens with zero attached hydrogens (tertiary/aromatic N) is 1. The first-order chi connectivity index (χ1) is 8.52. The Morgan fingerprint density at radius 1 is 1.50 bits per heavy atom. The zero-order valence-electron chi connectivity index (χ0n) is 11.7. The second-order valence-electron chi connectivity index (χ2n) is 5.33. The highest BCUT2D eigenvalue weighted by molar-refractivity contribution is 5.82. The smallest absolute Gasteiger partial charge is 0.230 e. The average Bonchev–Trinajstić information content (AvgIpc) is 2.36. The van der Waals surface area contributed by atoms with Crippen LogP contribution >= 0.6 is 0 Å². The molecule has 1 amide bonds. The summed E-state index contributed by atoms with van der Waals surface area (Å²) in [7, 11) is 3.46. The first kappa shape index (κ1) is 15.4. The van der Waals surface area contributed by atoms with E-state index >= 15 is 0 Å². The van der Waals surface area contributed by atoms with E-state index in [4.69, 9.17) is 4.74 Å². The molecule has 1 fully saturated rings. The Morgan fingerprint density at radius 3 is 2.61 bits per heavy atom. The van der Waals surface area contributed by atoms with Crippen molar-refractivity contribution < 1.29 is 14.6 Å². The standard InChI is InChI=1S/C13H26N2O3/c1-11(16)4-9-15(2)12(17)13(10-18-3)5-7-14-8-6-13/h11,14,16H,4-10H2,1-3H3. The van der Waals surface area contributed by atoms with Gasteiger partial charge < -0.3 is 20.1 Å². The lowest BCUT2D eigenvalue weighted by atomic mass is 9.78. The first-order valence-corrected chi connectivity index (χ1v) is 6.65. The van der Waals surface area contributed by atoms with E-state index in [1.165, 1.54) is 0 Å². The molecule has 2 N–H and O–H groups in total. The van der Waals surface area contributed by atoms with Gasteiger partial charge >= 0.3 is 0 Å². The number of rotatable bonds is 6. The molecule has 1 aliphatic rings. The van der Waals surface area contributed by atoms with Gasteiger partial charge in [-0.1, -0.05) is 0 Å². The zero-order chi connectivity index (χ0) is 13.6. The summed E-state index contributed by atoms with van der Waals surface area (Å²) in [5.74, 6) is 0.145. The van der Waals surface area contributed by atoms with Crippen LogP contribution in [0.1, 0.15) is 26.2 Å².